The summed E-state index contributed by atoms with van der Waals surface area (Å²) in [5.41, 5.74) is 5.93. The molecule has 154 valence electrons. The number of aryl methyl sites for hydroxylation is 2. The van der Waals surface area contributed by atoms with Crippen molar-refractivity contribution >= 4 is 21.7 Å². The fourth-order valence-electron chi connectivity index (χ4n) is 4.96. The van der Waals surface area contributed by atoms with E-state index in [1.165, 1.54) is 41.5 Å². The lowest BCUT2D eigenvalue weighted by molar-refractivity contribution is 0.229. The highest BCUT2D eigenvalue weighted by Gasteiger charge is 2.26. The van der Waals surface area contributed by atoms with Gasteiger partial charge < -0.3 is 10.2 Å². The van der Waals surface area contributed by atoms with Gasteiger partial charge in [-0.1, -0.05) is 12.5 Å². The number of urea groups is 1. The maximum Gasteiger partial charge on any atom is 0.332 e. The Hall–Kier alpha value is -1.60. The summed E-state index contributed by atoms with van der Waals surface area (Å²) in [4.78, 5) is 14.8. The SMILES string of the molecule is O=C(Nc1c2c(cc3c1CCC3)CCC2)NS(=O)(=O)CCCN1CCCCC1. The molecule has 0 bridgehead atoms. The number of fused-ring (bicyclic) bond motifs is 2. The summed E-state index contributed by atoms with van der Waals surface area (Å²) in [7, 11) is -3.62. The lowest BCUT2D eigenvalue weighted by atomic mass is 9.99. The number of anilines is 1. The van der Waals surface area contributed by atoms with Crippen molar-refractivity contribution in [2.45, 2.75) is 64.2 Å². The third-order valence-electron chi connectivity index (χ3n) is 6.30. The molecular formula is C21H31N3O3S. The lowest BCUT2D eigenvalue weighted by Crippen LogP contribution is -2.38. The highest BCUT2D eigenvalue weighted by molar-refractivity contribution is 7.90. The molecule has 1 fully saturated rings. The fourth-order valence-corrected chi connectivity index (χ4v) is 5.90. The largest absolute Gasteiger partial charge is 0.332 e. The minimum absolute atomic E-state index is 0.0120. The molecule has 2 N–H and O–H groups in total. The number of hydrogen-bond donors (Lipinski definition) is 2. The predicted molar refractivity (Wildman–Crippen MR) is 111 cm³/mol. The van der Waals surface area contributed by atoms with E-state index in [0.717, 1.165) is 63.8 Å². The van der Waals surface area contributed by atoms with Crippen molar-refractivity contribution in [2.75, 3.05) is 30.7 Å². The third kappa shape index (κ3) is 4.51. The Morgan fingerprint density at radius 2 is 1.57 bits per heavy atom. The predicted octanol–water partition coefficient (Wildman–Crippen LogP) is 2.99. The molecule has 3 aliphatic rings. The van der Waals surface area contributed by atoms with Crippen molar-refractivity contribution in [3.8, 4) is 0 Å². The molecule has 0 unspecified atom stereocenters. The third-order valence-corrected chi connectivity index (χ3v) is 7.62. The molecular weight excluding hydrogens is 374 g/mol. The van der Waals surface area contributed by atoms with Gasteiger partial charge >= 0.3 is 6.03 Å². The molecule has 1 saturated heterocycles. The number of piperidine rings is 1. The summed E-state index contributed by atoms with van der Waals surface area (Å²) < 4.78 is 26.9. The van der Waals surface area contributed by atoms with Crippen LogP contribution in [0.15, 0.2) is 6.07 Å². The Bertz CT molecular complexity index is 813. The molecule has 28 heavy (non-hydrogen) atoms. The van der Waals surface area contributed by atoms with Gasteiger partial charge in [0.1, 0.15) is 0 Å². The van der Waals surface area contributed by atoms with Gasteiger partial charge in [-0.15, -0.1) is 0 Å². The van der Waals surface area contributed by atoms with Crippen molar-refractivity contribution in [2.24, 2.45) is 0 Å². The van der Waals surface area contributed by atoms with Gasteiger partial charge in [0.2, 0.25) is 10.0 Å². The van der Waals surface area contributed by atoms with Crippen molar-refractivity contribution in [3.05, 3.63) is 28.3 Å². The van der Waals surface area contributed by atoms with Crippen LogP contribution in [-0.4, -0.2) is 44.7 Å². The van der Waals surface area contributed by atoms with Crippen LogP contribution in [-0.2, 0) is 35.7 Å². The highest BCUT2D eigenvalue weighted by atomic mass is 32.2. The maximum atomic E-state index is 12.5. The molecule has 6 nitrogen and oxygen atoms in total. The van der Waals surface area contributed by atoms with Gasteiger partial charge in [0.15, 0.2) is 0 Å². The second kappa shape index (κ2) is 8.41. The Kier molecular flexibility index (Phi) is 5.92. The molecule has 0 aromatic heterocycles. The van der Waals surface area contributed by atoms with Gasteiger partial charge in [0.25, 0.3) is 0 Å². The van der Waals surface area contributed by atoms with Gasteiger partial charge in [0.05, 0.1) is 5.75 Å². The van der Waals surface area contributed by atoms with Crippen LogP contribution < -0.4 is 10.0 Å². The van der Waals surface area contributed by atoms with E-state index in [4.69, 9.17) is 0 Å². The van der Waals surface area contributed by atoms with Gasteiger partial charge in [-0.2, -0.15) is 0 Å². The van der Waals surface area contributed by atoms with Gasteiger partial charge in [-0.3, -0.25) is 0 Å². The highest BCUT2D eigenvalue weighted by Crippen LogP contribution is 2.38. The van der Waals surface area contributed by atoms with Crippen LogP contribution in [0, 0.1) is 0 Å². The number of nitrogens with zero attached hydrogens (tertiary/aromatic N) is 1. The number of sulfonamides is 1. The number of rotatable bonds is 6. The average Bonchev–Trinajstić information content (AvgIpc) is 3.31. The molecule has 0 spiro atoms. The maximum absolute atomic E-state index is 12.5. The van der Waals surface area contributed by atoms with Crippen LogP contribution in [0.3, 0.4) is 0 Å². The summed E-state index contributed by atoms with van der Waals surface area (Å²) in [5, 5.41) is 2.90. The molecule has 1 heterocycles. The Balaban J connectivity index is 1.35. The summed E-state index contributed by atoms with van der Waals surface area (Å²) in [5.74, 6) is -0.0120. The first-order chi connectivity index (χ1) is 13.5. The first-order valence-corrected chi connectivity index (χ1v) is 12.4. The van der Waals surface area contributed by atoms with E-state index in [-0.39, 0.29) is 5.75 Å². The zero-order valence-corrected chi connectivity index (χ0v) is 17.4. The summed E-state index contributed by atoms with van der Waals surface area (Å²) in [6.07, 6.45) is 10.4. The monoisotopic (exact) mass is 405 g/mol. The second-order valence-electron chi connectivity index (χ2n) is 8.36. The van der Waals surface area contributed by atoms with Crippen LogP contribution in [0.25, 0.3) is 0 Å². The molecule has 0 radical (unpaired) electrons. The van der Waals surface area contributed by atoms with Crippen LogP contribution >= 0.6 is 0 Å². The number of carbonyl (C=O) groups excluding carboxylic acids is 1. The molecule has 1 aromatic rings. The molecule has 1 aliphatic heterocycles. The number of benzene rings is 1. The minimum Gasteiger partial charge on any atom is -0.307 e. The van der Waals surface area contributed by atoms with Crippen molar-refractivity contribution in [1.29, 1.82) is 0 Å². The van der Waals surface area contributed by atoms with Crippen molar-refractivity contribution in [3.63, 3.8) is 0 Å². The van der Waals surface area contributed by atoms with E-state index < -0.39 is 16.1 Å². The number of nitrogens with one attached hydrogen (secondary N) is 2. The smallest absolute Gasteiger partial charge is 0.307 e. The van der Waals surface area contributed by atoms with Crippen LogP contribution in [0.1, 0.15) is 60.8 Å². The van der Waals surface area contributed by atoms with E-state index >= 15 is 0 Å². The van der Waals surface area contributed by atoms with E-state index in [9.17, 15) is 13.2 Å². The fraction of sp³-hybridized carbons (Fsp3) is 0.667. The molecule has 0 atom stereocenters. The minimum atomic E-state index is -3.62. The van der Waals surface area contributed by atoms with E-state index in [1.807, 2.05) is 0 Å². The van der Waals surface area contributed by atoms with Crippen molar-refractivity contribution < 1.29 is 13.2 Å². The summed E-state index contributed by atoms with van der Waals surface area (Å²) >= 11 is 0. The van der Waals surface area contributed by atoms with Gasteiger partial charge in [-0.05, 0) is 99.7 Å². The zero-order chi connectivity index (χ0) is 19.6. The number of hydrogen-bond acceptors (Lipinski definition) is 4. The summed E-state index contributed by atoms with van der Waals surface area (Å²) in [6.45, 7) is 2.89. The topological polar surface area (TPSA) is 78.5 Å². The summed E-state index contributed by atoms with van der Waals surface area (Å²) in [6, 6.07) is 1.68. The normalized spacial score (nSPS) is 19.3. The van der Waals surface area contributed by atoms with Crippen molar-refractivity contribution in [1.82, 2.24) is 9.62 Å². The molecule has 7 heteroatoms. The van der Waals surface area contributed by atoms with Crippen LogP contribution in [0.4, 0.5) is 10.5 Å². The molecule has 2 aliphatic carbocycles. The first kappa shape index (κ1) is 19.7. The van der Waals surface area contributed by atoms with E-state index in [0.29, 0.717) is 6.42 Å². The Morgan fingerprint density at radius 3 is 2.21 bits per heavy atom. The van der Waals surface area contributed by atoms with E-state index in [1.54, 1.807) is 0 Å². The quantitative estimate of drug-likeness (QED) is 0.763. The number of amides is 2. The average molecular weight is 406 g/mol. The molecule has 0 saturated carbocycles. The Morgan fingerprint density at radius 1 is 0.929 bits per heavy atom. The second-order valence-corrected chi connectivity index (χ2v) is 10.2. The molecule has 1 aromatic carbocycles. The molecule has 4 rings (SSSR count). The number of carbonyl (C=O) groups is 1. The first-order valence-electron chi connectivity index (χ1n) is 10.7. The van der Waals surface area contributed by atoms with Crippen LogP contribution in [0.5, 0.6) is 0 Å². The Labute approximate surface area is 168 Å². The number of likely N-dealkylation sites (tertiary alicyclic amines) is 1. The van der Waals surface area contributed by atoms with E-state index in [2.05, 4.69) is 21.0 Å². The molecule has 2 amide bonds. The lowest BCUT2D eigenvalue weighted by Gasteiger charge is -2.26. The van der Waals surface area contributed by atoms with Gasteiger partial charge in [-0.25, -0.2) is 17.9 Å². The standard InChI is InChI=1S/C21H31N3O3S/c25-21(23-28(26,27)14-6-13-24-11-2-1-3-12-24)22-20-18-9-4-7-16(18)15-17-8-5-10-19(17)20/h15H,1-14H2,(H2,22,23,25). The zero-order valence-electron chi connectivity index (χ0n) is 16.6. The van der Waals surface area contributed by atoms with Crippen LogP contribution in [0.2, 0.25) is 0 Å². The van der Waals surface area contributed by atoms with Gasteiger partial charge in [0, 0.05) is 5.69 Å².